The zero-order chi connectivity index (χ0) is 19.4. The summed E-state index contributed by atoms with van der Waals surface area (Å²) in [6.07, 6.45) is 10.6. The van der Waals surface area contributed by atoms with E-state index in [1.807, 2.05) is 19.1 Å². The Morgan fingerprint density at radius 3 is 2.65 bits per heavy atom. The van der Waals surface area contributed by atoms with Gasteiger partial charge in [0.15, 0.2) is 0 Å². The minimum Gasteiger partial charge on any atom is -0.346 e. The molecular formula is C19H23N3O4. The molecule has 0 aliphatic carbocycles. The third-order valence-electron chi connectivity index (χ3n) is 3.10. The van der Waals surface area contributed by atoms with Crippen LogP contribution >= 0.6 is 0 Å². The lowest BCUT2D eigenvalue weighted by molar-refractivity contribution is -0.124. The summed E-state index contributed by atoms with van der Waals surface area (Å²) in [5, 5.41) is 13.8. The van der Waals surface area contributed by atoms with Crippen LogP contribution in [0.3, 0.4) is 0 Å². The number of nitrogens with one attached hydrogen (secondary N) is 3. The molecule has 1 atom stereocenters. The molecular weight excluding hydrogens is 334 g/mol. The summed E-state index contributed by atoms with van der Waals surface area (Å²) in [6, 6.07) is 6.51. The van der Waals surface area contributed by atoms with Crippen molar-refractivity contribution in [1.82, 2.24) is 10.8 Å². The number of hydrogen-bond donors (Lipinski definition) is 4. The van der Waals surface area contributed by atoms with Crippen LogP contribution < -0.4 is 16.1 Å². The fourth-order valence-corrected chi connectivity index (χ4v) is 1.96. The van der Waals surface area contributed by atoms with Crippen molar-refractivity contribution < 1.29 is 19.6 Å². The van der Waals surface area contributed by atoms with Crippen molar-refractivity contribution in [3.05, 3.63) is 66.3 Å². The van der Waals surface area contributed by atoms with Gasteiger partial charge in [-0.3, -0.25) is 19.6 Å². The van der Waals surface area contributed by atoms with E-state index in [0.717, 1.165) is 0 Å². The Labute approximate surface area is 152 Å². The van der Waals surface area contributed by atoms with Gasteiger partial charge >= 0.3 is 0 Å². The standard InChI is InChI=1S/C19H23N3O4/c1-14(9-6-4-3-5-7-12-18(24)22-26)20-19(25)16-10-8-11-17(13-16)21-15(2)23/h3-4,6-14,26H,5H2,1-2H3,(H,20,25)(H,21,23)(H,22,24)/b4-3-,9-6-,12-7+. The molecule has 0 aromatic heterocycles. The number of hydrogen-bond acceptors (Lipinski definition) is 4. The van der Waals surface area contributed by atoms with Crippen LogP contribution in [0.1, 0.15) is 30.6 Å². The summed E-state index contributed by atoms with van der Waals surface area (Å²) in [4.78, 5) is 34.0. The molecule has 0 saturated heterocycles. The number of rotatable bonds is 8. The van der Waals surface area contributed by atoms with Gasteiger partial charge in [-0.05, 0) is 31.5 Å². The number of benzene rings is 1. The predicted octanol–water partition coefficient (Wildman–Crippen LogP) is 2.33. The zero-order valence-corrected chi connectivity index (χ0v) is 14.7. The van der Waals surface area contributed by atoms with Crippen LogP contribution in [0.25, 0.3) is 0 Å². The molecule has 1 aromatic rings. The van der Waals surface area contributed by atoms with Gasteiger partial charge in [0.25, 0.3) is 11.8 Å². The molecule has 3 amide bonds. The summed E-state index contributed by atoms with van der Waals surface area (Å²) < 4.78 is 0. The highest BCUT2D eigenvalue weighted by Crippen LogP contribution is 2.10. The maximum absolute atomic E-state index is 12.2. The van der Waals surface area contributed by atoms with Crippen molar-refractivity contribution in [1.29, 1.82) is 0 Å². The number of carbonyl (C=O) groups is 3. The van der Waals surface area contributed by atoms with Gasteiger partial charge in [0.2, 0.25) is 5.91 Å². The van der Waals surface area contributed by atoms with Gasteiger partial charge in [0.1, 0.15) is 0 Å². The van der Waals surface area contributed by atoms with Crippen molar-refractivity contribution in [2.75, 3.05) is 5.32 Å². The van der Waals surface area contributed by atoms with E-state index in [1.165, 1.54) is 18.5 Å². The first kappa shape index (κ1) is 20.9. The van der Waals surface area contributed by atoms with E-state index in [0.29, 0.717) is 17.7 Å². The molecule has 26 heavy (non-hydrogen) atoms. The van der Waals surface area contributed by atoms with Crippen LogP contribution in [-0.2, 0) is 9.59 Å². The summed E-state index contributed by atoms with van der Waals surface area (Å²) >= 11 is 0. The quantitative estimate of drug-likeness (QED) is 0.248. The topological polar surface area (TPSA) is 108 Å². The molecule has 0 saturated carbocycles. The van der Waals surface area contributed by atoms with E-state index in [1.54, 1.807) is 42.5 Å². The van der Waals surface area contributed by atoms with Crippen molar-refractivity contribution >= 4 is 23.4 Å². The second-order valence-electron chi connectivity index (χ2n) is 5.45. The third-order valence-corrected chi connectivity index (χ3v) is 3.10. The number of anilines is 1. The van der Waals surface area contributed by atoms with Crippen LogP contribution in [0.4, 0.5) is 5.69 Å². The molecule has 0 fully saturated rings. The zero-order valence-electron chi connectivity index (χ0n) is 14.7. The largest absolute Gasteiger partial charge is 0.346 e. The maximum Gasteiger partial charge on any atom is 0.267 e. The number of carbonyl (C=O) groups excluding carboxylic acids is 3. The van der Waals surface area contributed by atoms with Crippen molar-refractivity contribution in [3.63, 3.8) is 0 Å². The van der Waals surface area contributed by atoms with E-state index >= 15 is 0 Å². The Morgan fingerprint density at radius 2 is 1.96 bits per heavy atom. The smallest absolute Gasteiger partial charge is 0.267 e. The average molecular weight is 357 g/mol. The minimum absolute atomic E-state index is 0.188. The fourth-order valence-electron chi connectivity index (χ4n) is 1.96. The maximum atomic E-state index is 12.2. The van der Waals surface area contributed by atoms with Gasteiger partial charge in [-0.1, -0.05) is 36.4 Å². The lowest BCUT2D eigenvalue weighted by Crippen LogP contribution is -2.31. The number of amides is 3. The fraction of sp³-hybridized carbons (Fsp3) is 0.211. The Bertz CT molecular complexity index is 723. The third kappa shape index (κ3) is 8.60. The van der Waals surface area contributed by atoms with E-state index in [4.69, 9.17) is 5.21 Å². The molecule has 7 nitrogen and oxygen atoms in total. The first-order valence-electron chi connectivity index (χ1n) is 8.05. The molecule has 1 rings (SSSR count). The first-order chi connectivity index (χ1) is 12.4. The minimum atomic E-state index is -0.576. The molecule has 0 bridgehead atoms. The van der Waals surface area contributed by atoms with Crippen LogP contribution in [0.5, 0.6) is 0 Å². The van der Waals surface area contributed by atoms with Gasteiger partial charge < -0.3 is 10.6 Å². The van der Waals surface area contributed by atoms with Crippen LogP contribution in [0.2, 0.25) is 0 Å². The highest BCUT2D eigenvalue weighted by atomic mass is 16.5. The lowest BCUT2D eigenvalue weighted by atomic mass is 10.1. The average Bonchev–Trinajstić information content (AvgIpc) is 2.60. The van der Waals surface area contributed by atoms with Gasteiger partial charge in [0.05, 0.1) is 0 Å². The lowest BCUT2D eigenvalue weighted by Gasteiger charge is -2.10. The van der Waals surface area contributed by atoms with Crippen LogP contribution in [-0.4, -0.2) is 29.0 Å². The summed E-state index contributed by atoms with van der Waals surface area (Å²) in [5.74, 6) is -1.01. The van der Waals surface area contributed by atoms with Gasteiger partial charge in [-0.15, -0.1) is 0 Å². The molecule has 138 valence electrons. The molecule has 1 aromatic carbocycles. The number of hydroxylamine groups is 1. The van der Waals surface area contributed by atoms with E-state index in [2.05, 4.69) is 10.6 Å². The van der Waals surface area contributed by atoms with Gasteiger partial charge in [-0.25, -0.2) is 5.48 Å². The Morgan fingerprint density at radius 1 is 1.19 bits per heavy atom. The van der Waals surface area contributed by atoms with E-state index in [9.17, 15) is 14.4 Å². The molecule has 0 spiro atoms. The van der Waals surface area contributed by atoms with Gasteiger partial charge in [0, 0.05) is 30.3 Å². The highest BCUT2D eigenvalue weighted by Gasteiger charge is 2.08. The summed E-state index contributed by atoms with van der Waals surface area (Å²) in [5.41, 5.74) is 2.53. The van der Waals surface area contributed by atoms with Crippen LogP contribution in [0.15, 0.2) is 60.7 Å². The van der Waals surface area contributed by atoms with E-state index < -0.39 is 5.91 Å². The molecule has 7 heteroatoms. The van der Waals surface area contributed by atoms with Crippen molar-refractivity contribution in [2.45, 2.75) is 26.3 Å². The summed E-state index contributed by atoms with van der Waals surface area (Å²) in [6.45, 7) is 3.25. The molecule has 1 unspecified atom stereocenters. The van der Waals surface area contributed by atoms with Gasteiger partial charge in [-0.2, -0.15) is 0 Å². The molecule has 0 radical (unpaired) electrons. The van der Waals surface area contributed by atoms with Crippen molar-refractivity contribution in [2.24, 2.45) is 0 Å². The van der Waals surface area contributed by atoms with E-state index in [-0.39, 0.29) is 17.9 Å². The monoisotopic (exact) mass is 357 g/mol. The molecule has 0 aliphatic rings. The molecule has 0 heterocycles. The second-order valence-corrected chi connectivity index (χ2v) is 5.45. The Hall–Kier alpha value is -3.19. The normalized spacial score (nSPS) is 12.4. The first-order valence-corrected chi connectivity index (χ1v) is 8.05. The summed E-state index contributed by atoms with van der Waals surface area (Å²) in [7, 11) is 0. The number of allylic oxidation sites excluding steroid dienone is 4. The van der Waals surface area contributed by atoms with Crippen molar-refractivity contribution in [3.8, 4) is 0 Å². The predicted molar refractivity (Wildman–Crippen MR) is 99.6 cm³/mol. The van der Waals surface area contributed by atoms with Crippen LogP contribution in [0, 0.1) is 0 Å². The Kier molecular flexibility index (Phi) is 9.13. The second kappa shape index (κ2) is 11.4. The molecule has 0 aliphatic heterocycles. The molecule has 4 N–H and O–H groups in total. The SMILES string of the molecule is CC(=O)Nc1cccc(C(=O)NC(C)/C=C\C=C/C/C=C/C(=O)NO)c1. The highest BCUT2D eigenvalue weighted by molar-refractivity contribution is 5.97. The Balaban J connectivity index is 2.48.